The van der Waals surface area contributed by atoms with Crippen LogP contribution in [0.15, 0.2) is 48.7 Å². The van der Waals surface area contributed by atoms with Crippen LogP contribution in [-0.2, 0) is 11.2 Å². The molecule has 4 rings (SSSR count). The number of carbonyl (C=O) groups is 1. The number of amides is 1. The topological polar surface area (TPSA) is 49.3 Å². The van der Waals surface area contributed by atoms with Crippen LogP contribution >= 0.6 is 11.3 Å². The molecule has 0 N–H and O–H groups in total. The fourth-order valence-corrected chi connectivity index (χ4v) is 4.40. The highest BCUT2D eigenvalue weighted by atomic mass is 32.1. The Balaban J connectivity index is 1.40. The quantitative estimate of drug-likeness (QED) is 0.677. The van der Waals surface area contributed by atoms with Gasteiger partial charge in [-0.2, -0.15) is 0 Å². The molecule has 0 saturated carbocycles. The molecule has 1 aliphatic heterocycles. The van der Waals surface area contributed by atoms with E-state index in [4.69, 9.17) is 0 Å². The number of pyridine rings is 1. The minimum Gasteiger partial charge on any atom is -0.353 e. The summed E-state index contributed by atoms with van der Waals surface area (Å²) in [6, 6.07) is 12.5. The molecule has 1 aromatic carbocycles. The summed E-state index contributed by atoms with van der Waals surface area (Å²) in [6.07, 6.45) is 2.09. The number of nitrogens with zero attached hydrogens (tertiary/aromatic N) is 4. The van der Waals surface area contributed by atoms with Crippen molar-refractivity contribution in [3.8, 4) is 10.6 Å². The Morgan fingerprint density at radius 3 is 2.57 bits per heavy atom. The Morgan fingerprint density at radius 1 is 1.11 bits per heavy atom. The van der Waals surface area contributed by atoms with E-state index in [1.54, 1.807) is 24.4 Å². The van der Waals surface area contributed by atoms with Crippen molar-refractivity contribution in [1.29, 1.82) is 0 Å². The van der Waals surface area contributed by atoms with E-state index in [1.807, 2.05) is 30.0 Å². The van der Waals surface area contributed by atoms with Crippen molar-refractivity contribution in [2.45, 2.75) is 13.3 Å². The number of rotatable bonds is 4. The molecule has 0 unspecified atom stereocenters. The molecule has 2 aromatic heterocycles. The summed E-state index contributed by atoms with van der Waals surface area (Å²) in [5.41, 5.74) is 1.28. The number of benzene rings is 1. The highest BCUT2D eigenvalue weighted by molar-refractivity contribution is 7.15. The van der Waals surface area contributed by atoms with Crippen molar-refractivity contribution in [1.82, 2.24) is 14.9 Å². The van der Waals surface area contributed by atoms with Gasteiger partial charge in [0.25, 0.3) is 0 Å². The SMILES string of the molecule is Cc1nc(-c2ccccc2F)sc1CC(=O)N1CCN(c2ccccn2)CC1. The van der Waals surface area contributed by atoms with Gasteiger partial charge in [-0.05, 0) is 31.2 Å². The van der Waals surface area contributed by atoms with Crippen LogP contribution < -0.4 is 4.90 Å². The molecule has 1 aliphatic rings. The largest absolute Gasteiger partial charge is 0.353 e. The molecule has 1 saturated heterocycles. The second kappa shape index (κ2) is 8.06. The van der Waals surface area contributed by atoms with Gasteiger partial charge in [0.1, 0.15) is 16.6 Å². The molecule has 0 spiro atoms. The first-order valence-corrected chi connectivity index (χ1v) is 10.1. The van der Waals surface area contributed by atoms with E-state index < -0.39 is 0 Å². The van der Waals surface area contributed by atoms with Gasteiger partial charge in [-0.1, -0.05) is 18.2 Å². The minimum absolute atomic E-state index is 0.0903. The average molecular weight is 396 g/mol. The second-order valence-electron chi connectivity index (χ2n) is 6.74. The lowest BCUT2D eigenvalue weighted by molar-refractivity contribution is -0.130. The van der Waals surface area contributed by atoms with Gasteiger partial charge in [-0.25, -0.2) is 14.4 Å². The van der Waals surface area contributed by atoms with Crippen LogP contribution in [0.2, 0.25) is 0 Å². The van der Waals surface area contributed by atoms with Crippen LogP contribution in [0.4, 0.5) is 10.2 Å². The van der Waals surface area contributed by atoms with Gasteiger partial charge >= 0.3 is 0 Å². The van der Waals surface area contributed by atoms with E-state index >= 15 is 0 Å². The van der Waals surface area contributed by atoms with Crippen LogP contribution in [0.25, 0.3) is 10.6 Å². The second-order valence-corrected chi connectivity index (χ2v) is 7.82. The van der Waals surface area contributed by atoms with Gasteiger partial charge in [0.05, 0.1) is 12.1 Å². The number of hydrogen-bond donors (Lipinski definition) is 0. The van der Waals surface area contributed by atoms with E-state index in [0.717, 1.165) is 29.5 Å². The Labute approximate surface area is 167 Å². The molecule has 0 atom stereocenters. The lowest BCUT2D eigenvalue weighted by Gasteiger charge is -2.35. The number of piperazine rings is 1. The maximum Gasteiger partial charge on any atom is 0.228 e. The number of hydrogen-bond acceptors (Lipinski definition) is 5. The fraction of sp³-hybridized carbons (Fsp3) is 0.286. The summed E-state index contributed by atoms with van der Waals surface area (Å²) in [5.74, 6) is 0.745. The van der Waals surface area contributed by atoms with E-state index in [0.29, 0.717) is 30.1 Å². The molecule has 3 heterocycles. The van der Waals surface area contributed by atoms with Crippen molar-refractivity contribution >= 4 is 23.1 Å². The summed E-state index contributed by atoms with van der Waals surface area (Å²) in [6.45, 7) is 4.76. The van der Waals surface area contributed by atoms with Crippen LogP contribution in [0.5, 0.6) is 0 Å². The summed E-state index contributed by atoms with van der Waals surface area (Å²) in [7, 11) is 0. The van der Waals surface area contributed by atoms with E-state index in [2.05, 4.69) is 14.9 Å². The van der Waals surface area contributed by atoms with E-state index in [1.165, 1.54) is 17.4 Å². The number of thiazole rings is 1. The zero-order chi connectivity index (χ0) is 19.5. The standard InChI is InChI=1S/C21H21FN4OS/c1-15-18(28-21(24-15)16-6-2-3-7-17(16)22)14-20(27)26-12-10-25(11-13-26)19-8-4-5-9-23-19/h2-9H,10-14H2,1H3. The first-order chi connectivity index (χ1) is 13.6. The first kappa shape index (κ1) is 18.6. The molecule has 3 aromatic rings. The van der Waals surface area contributed by atoms with Crippen LogP contribution in [-0.4, -0.2) is 47.0 Å². The molecule has 7 heteroatoms. The summed E-state index contributed by atoms with van der Waals surface area (Å²) >= 11 is 1.40. The van der Waals surface area contributed by atoms with Gasteiger partial charge in [0.15, 0.2) is 0 Å². The molecule has 144 valence electrons. The first-order valence-electron chi connectivity index (χ1n) is 9.27. The molecule has 1 fully saturated rings. The third-order valence-electron chi connectivity index (χ3n) is 4.91. The predicted octanol–water partition coefficient (Wildman–Crippen LogP) is 3.54. The number of aromatic nitrogens is 2. The van der Waals surface area contributed by atoms with Crippen molar-refractivity contribution < 1.29 is 9.18 Å². The molecule has 5 nitrogen and oxygen atoms in total. The number of halogens is 1. The van der Waals surface area contributed by atoms with Gasteiger partial charge in [0.2, 0.25) is 5.91 Å². The number of anilines is 1. The smallest absolute Gasteiger partial charge is 0.228 e. The lowest BCUT2D eigenvalue weighted by atomic mass is 10.2. The summed E-state index contributed by atoms with van der Waals surface area (Å²) in [5, 5.41) is 0.623. The Kier molecular flexibility index (Phi) is 5.34. The van der Waals surface area contributed by atoms with E-state index in [-0.39, 0.29) is 11.7 Å². The molecule has 1 amide bonds. The molecule has 0 aliphatic carbocycles. The molecule has 0 radical (unpaired) electrons. The monoisotopic (exact) mass is 396 g/mol. The Hall–Kier alpha value is -2.80. The van der Waals surface area contributed by atoms with Gasteiger partial charge in [-0.3, -0.25) is 4.79 Å². The summed E-state index contributed by atoms with van der Waals surface area (Å²) in [4.78, 5) is 26.6. The van der Waals surface area contributed by atoms with Gasteiger partial charge in [0, 0.05) is 42.8 Å². The third-order valence-corrected chi connectivity index (χ3v) is 6.11. The molecule has 0 bridgehead atoms. The Morgan fingerprint density at radius 2 is 1.86 bits per heavy atom. The molecular weight excluding hydrogens is 375 g/mol. The minimum atomic E-state index is -0.292. The van der Waals surface area contributed by atoms with Crippen molar-refractivity contribution in [3.05, 3.63) is 65.0 Å². The van der Waals surface area contributed by atoms with Crippen LogP contribution in [0.3, 0.4) is 0 Å². The van der Waals surface area contributed by atoms with Gasteiger partial charge < -0.3 is 9.80 Å². The van der Waals surface area contributed by atoms with Crippen molar-refractivity contribution in [2.24, 2.45) is 0 Å². The highest BCUT2D eigenvalue weighted by Crippen LogP contribution is 2.30. The molecule has 28 heavy (non-hydrogen) atoms. The zero-order valence-electron chi connectivity index (χ0n) is 15.6. The van der Waals surface area contributed by atoms with Crippen LogP contribution in [0, 0.1) is 12.7 Å². The van der Waals surface area contributed by atoms with E-state index in [9.17, 15) is 9.18 Å². The zero-order valence-corrected chi connectivity index (χ0v) is 16.5. The number of aryl methyl sites for hydroxylation is 1. The Bertz CT molecular complexity index is 968. The summed E-state index contributed by atoms with van der Waals surface area (Å²) < 4.78 is 14.0. The van der Waals surface area contributed by atoms with Crippen molar-refractivity contribution in [3.63, 3.8) is 0 Å². The fourth-order valence-electron chi connectivity index (χ4n) is 3.32. The highest BCUT2D eigenvalue weighted by Gasteiger charge is 2.23. The number of carbonyl (C=O) groups excluding carboxylic acids is 1. The maximum absolute atomic E-state index is 14.0. The lowest BCUT2D eigenvalue weighted by Crippen LogP contribution is -2.49. The third kappa shape index (κ3) is 3.89. The molecular formula is C21H21FN4OS. The van der Waals surface area contributed by atoms with Gasteiger partial charge in [-0.15, -0.1) is 11.3 Å². The normalized spacial score (nSPS) is 14.4. The van der Waals surface area contributed by atoms with Crippen molar-refractivity contribution in [2.75, 3.05) is 31.1 Å². The predicted molar refractivity (Wildman–Crippen MR) is 109 cm³/mol. The average Bonchev–Trinajstić information content (AvgIpc) is 3.09. The maximum atomic E-state index is 14.0. The van der Waals surface area contributed by atoms with Crippen LogP contribution in [0.1, 0.15) is 10.6 Å².